The van der Waals surface area contributed by atoms with E-state index in [2.05, 4.69) is 5.32 Å². The number of ether oxygens (including phenoxy) is 1. The fraction of sp³-hybridized carbons (Fsp3) is 0.250. The van der Waals surface area contributed by atoms with Crippen LogP contribution in [0.25, 0.3) is 0 Å². The second-order valence-corrected chi connectivity index (χ2v) is 5.11. The van der Waals surface area contributed by atoms with E-state index in [1.807, 2.05) is 32.2 Å². The van der Waals surface area contributed by atoms with E-state index >= 15 is 0 Å². The van der Waals surface area contributed by atoms with Crippen molar-refractivity contribution in [2.45, 2.75) is 13.0 Å². The lowest BCUT2D eigenvalue weighted by Gasteiger charge is -2.18. The second kappa shape index (κ2) is 6.73. The lowest BCUT2D eigenvalue weighted by Crippen LogP contribution is -2.23. The van der Waals surface area contributed by atoms with Gasteiger partial charge in [0.1, 0.15) is 18.2 Å². The zero-order chi connectivity index (χ0) is 14.5. The normalized spacial score (nSPS) is 12.2. The van der Waals surface area contributed by atoms with E-state index in [1.54, 1.807) is 12.1 Å². The zero-order valence-electron chi connectivity index (χ0n) is 11.5. The van der Waals surface area contributed by atoms with E-state index in [0.29, 0.717) is 17.4 Å². The highest BCUT2D eigenvalue weighted by Gasteiger charge is 2.12. The quantitative estimate of drug-likeness (QED) is 0.895. The molecule has 1 unspecified atom stereocenters. The molecule has 2 rings (SSSR count). The fourth-order valence-electron chi connectivity index (χ4n) is 2.05. The molecule has 0 saturated carbocycles. The molecule has 4 heteroatoms. The third kappa shape index (κ3) is 3.95. The minimum atomic E-state index is -0.233. The Morgan fingerprint density at radius 3 is 2.70 bits per heavy atom. The van der Waals surface area contributed by atoms with Crippen molar-refractivity contribution in [1.29, 1.82) is 0 Å². The van der Waals surface area contributed by atoms with Crippen LogP contribution in [0.15, 0.2) is 42.5 Å². The van der Waals surface area contributed by atoms with Crippen LogP contribution < -0.4 is 10.1 Å². The first-order chi connectivity index (χ1) is 9.58. The molecular weight excluding hydrogens is 277 g/mol. The summed E-state index contributed by atoms with van der Waals surface area (Å²) in [5.74, 6) is 0.467. The standard InChI is InChI=1S/C16H17ClFNO/c1-11-6-12(8-14(18)7-11)16(19-2)10-20-15-5-3-4-13(17)9-15/h3-9,16,19H,10H2,1-2H3. The van der Waals surface area contributed by atoms with Crippen molar-refractivity contribution in [2.75, 3.05) is 13.7 Å². The van der Waals surface area contributed by atoms with Crippen LogP contribution in [0.2, 0.25) is 5.02 Å². The first-order valence-electron chi connectivity index (χ1n) is 6.41. The Balaban J connectivity index is 2.09. The number of aryl methyl sites for hydroxylation is 1. The van der Waals surface area contributed by atoms with Crippen molar-refractivity contribution >= 4 is 11.6 Å². The van der Waals surface area contributed by atoms with Gasteiger partial charge in [0.25, 0.3) is 0 Å². The second-order valence-electron chi connectivity index (χ2n) is 4.67. The summed E-state index contributed by atoms with van der Waals surface area (Å²) >= 11 is 5.91. The summed E-state index contributed by atoms with van der Waals surface area (Å²) in [5.41, 5.74) is 1.76. The smallest absolute Gasteiger partial charge is 0.123 e. The summed E-state index contributed by atoms with van der Waals surface area (Å²) in [6.07, 6.45) is 0. The van der Waals surface area contributed by atoms with Crippen LogP contribution in [0.1, 0.15) is 17.2 Å². The molecule has 106 valence electrons. The molecule has 0 radical (unpaired) electrons. The summed E-state index contributed by atoms with van der Waals surface area (Å²) < 4.78 is 19.2. The summed E-state index contributed by atoms with van der Waals surface area (Å²) in [6.45, 7) is 2.27. The number of nitrogens with one attached hydrogen (secondary N) is 1. The monoisotopic (exact) mass is 293 g/mol. The minimum Gasteiger partial charge on any atom is -0.492 e. The molecule has 20 heavy (non-hydrogen) atoms. The molecule has 0 bridgehead atoms. The van der Waals surface area contributed by atoms with Crippen LogP contribution in [0.4, 0.5) is 4.39 Å². The van der Waals surface area contributed by atoms with Crippen molar-refractivity contribution in [3.05, 3.63) is 64.4 Å². The van der Waals surface area contributed by atoms with Gasteiger partial charge in [-0.2, -0.15) is 0 Å². The molecule has 0 fully saturated rings. The van der Waals surface area contributed by atoms with E-state index < -0.39 is 0 Å². The number of hydrogen-bond acceptors (Lipinski definition) is 2. The number of hydrogen-bond donors (Lipinski definition) is 1. The van der Waals surface area contributed by atoms with Gasteiger partial charge in [0, 0.05) is 5.02 Å². The van der Waals surface area contributed by atoms with Crippen LogP contribution in [0.5, 0.6) is 5.75 Å². The molecule has 1 N–H and O–H groups in total. The van der Waals surface area contributed by atoms with E-state index in [0.717, 1.165) is 11.1 Å². The van der Waals surface area contributed by atoms with Gasteiger partial charge in [-0.15, -0.1) is 0 Å². The molecular formula is C16H17ClFNO. The van der Waals surface area contributed by atoms with Gasteiger partial charge >= 0.3 is 0 Å². The predicted molar refractivity (Wildman–Crippen MR) is 79.9 cm³/mol. The lowest BCUT2D eigenvalue weighted by atomic mass is 10.0. The van der Waals surface area contributed by atoms with E-state index in [-0.39, 0.29) is 11.9 Å². The maximum Gasteiger partial charge on any atom is 0.123 e. The van der Waals surface area contributed by atoms with Gasteiger partial charge in [-0.3, -0.25) is 0 Å². The minimum absolute atomic E-state index is 0.0802. The summed E-state index contributed by atoms with van der Waals surface area (Å²) in [4.78, 5) is 0. The average Bonchev–Trinajstić information content (AvgIpc) is 2.38. The summed E-state index contributed by atoms with van der Waals surface area (Å²) in [6, 6.07) is 12.1. The van der Waals surface area contributed by atoms with Gasteiger partial charge < -0.3 is 10.1 Å². The van der Waals surface area contributed by atoms with Gasteiger partial charge in [-0.05, 0) is 55.4 Å². The van der Waals surface area contributed by atoms with Crippen LogP contribution in [0, 0.1) is 12.7 Å². The van der Waals surface area contributed by atoms with E-state index in [1.165, 1.54) is 12.1 Å². The highest BCUT2D eigenvalue weighted by Crippen LogP contribution is 2.21. The number of likely N-dealkylation sites (N-methyl/N-ethyl adjacent to an activating group) is 1. The van der Waals surface area contributed by atoms with E-state index in [4.69, 9.17) is 16.3 Å². The van der Waals surface area contributed by atoms with Crippen LogP contribution >= 0.6 is 11.6 Å². The summed E-state index contributed by atoms with van der Waals surface area (Å²) in [5, 5.41) is 3.76. The van der Waals surface area contributed by atoms with Crippen molar-refractivity contribution in [2.24, 2.45) is 0 Å². The predicted octanol–water partition coefficient (Wildman–Crippen LogP) is 4.13. The Morgan fingerprint density at radius 1 is 1.25 bits per heavy atom. The maximum absolute atomic E-state index is 13.5. The maximum atomic E-state index is 13.5. The molecule has 2 aromatic carbocycles. The zero-order valence-corrected chi connectivity index (χ0v) is 12.2. The first-order valence-corrected chi connectivity index (χ1v) is 6.79. The molecule has 0 spiro atoms. The Hall–Kier alpha value is -1.58. The van der Waals surface area contributed by atoms with E-state index in [9.17, 15) is 4.39 Å². The summed E-state index contributed by atoms with van der Waals surface area (Å²) in [7, 11) is 1.83. The Bertz CT molecular complexity index is 568. The van der Waals surface area contributed by atoms with Crippen molar-refractivity contribution in [1.82, 2.24) is 5.32 Å². The Labute approximate surface area is 123 Å². The molecule has 2 aromatic rings. The molecule has 0 saturated heterocycles. The average molecular weight is 294 g/mol. The molecule has 0 amide bonds. The molecule has 2 nitrogen and oxygen atoms in total. The number of rotatable bonds is 5. The van der Waals surface area contributed by atoms with Gasteiger partial charge in [0.15, 0.2) is 0 Å². The van der Waals surface area contributed by atoms with Gasteiger partial charge in [0.2, 0.25) is 0 Å². The highest BCUT2D eigenvalue weighted by atomic mass is 35.5. The van der Waals surface area contributed by atoms with Crippen LogP contribution in [-0.4, -0.2) is 13.7 Å². The lowest BCUT2D eigenvalue weighted by molar-refractivity contribution is 0.273. The van der Waals surface area contributed by atoms with Gasteiger partial charge in [-0.1, -0.05) is 23.7 Å². The largest absolute Gasteiger partial charge is 0.492 e. The van der Waals surface area contributed by atoms with Gasteiger partial charge in [-0.25, -0.2) is 4.39 Å². The molecule has 1 atom stereocenters. The number of benzene rings is 2. The number of halogens is 2. The highest BCUT2D eigenvalue weighted by molar-refractivity contribution is 6.30. The van der Waals surface area contributed by atoms with Crippen molar-refractivity contribution in [3.63, 3.8) is 0 Å². The van der Waals surface area contributed by atoms with Crippen molar-refractivity contribution < 1.29 is 9.13 Å². The molecule has 0 heterocycles. The molecule has 0 aromatic heterocycles. The van der Waals surface area contributed by atoms with Gasteiger partial charge in [0.05, 0.1) is 6.04 Å². The Morgan fingerprint density at radius 2 is 2.05 bits per heavy atom. The first kappa shape index (κ1) is 14.8. The topological polar surface area (TPSA) is 21.3 Å². The SMILES string of the molecule is CNC(COc1cccc(Cl)c1)c1cc(C)cc(F)c1. The van der Waals surface area contributed by atoms with Crippen molar-refractivity contribution in [3.8, 4) is 5.75 Å². The molecule has 0 aliphatic heterocycles. The Kier molecular flexibility index (Phi) is 4.99. The molecule has 0 aliphatic carbocycles. The third-order valence-electron chi connectivity index (χ3n) is 3.03. The molecule has 0 aliphatic rings. The third-order valence-corrected chi connectivity index (χ3v) is 3.26. The fourth-order valence-corrected chi connectivity index (χ4v) is 2.23. The van der Waals surface area contributed by atoms with Crippen LogP contribution in [-0.2, 0) is 0 Å². The van der Waals surface area contributed by atoms with Crippen LogP contribution in [0.3, 0.4) is 0 Å².